The van der Waals surface area contributed by atoms with Crippen LogP contribution in [0.3, 0.4) is 0 Å². The third kappa shape index (κ3) is 7.89. The molecule has 0 saturated heterocycles. The summed E-state index contributed by atoms with van der Waals surface area (Å²) in [5, 5.41) is 2.63. The van der Waals surface area contributed by atoms with Crippen LogP contribution >= 0.6 is 0 Å². The minimum Gasteiger partial charge on any atom is -0.356 e. The molecular formula is C21H28N2O5S2. The van der Waals surface area contributed by atoms with Crippen molar-refractivity contribution in [1.82, 2.24) is 10.0 Å². The molecule has 0 aliphatic carbocycles. The van der Waals surface area contributed by atoms with E-state index in [1.807, 2.05) is 19.1 Å². The highest BCUT2D eigenvalue weighted by Crippen LogP contribution is 2.16. The smallest absolute Gasteiger partial charge is 0.240 e. The maximum absolute atomic E-state index is 12.4. The van der Waals surface area contributed by atoms with Crippen LogP contribution in [0.2, 0.25) is 0 Å². The number of rotatable bonds is 11. The molecule has 0 bridgehead atoms. The van der Waals surface area contributed by atoms with Crippen molar-refractivity contribution >= 4 is 25.8 Å². The summed E-state index contributed by atoms with van der Waals surface area (Å²) in [4.78, 5) is 12.1. The molecule has 0 heterocycles. The number of benzene rings is 2. The number of sulfonamides is 1. The van der Waals surface area contributed by atoms with E-state index >= 15 is 0 Å². The van der Waals surface area contributed by atoms with Gasteiger partial charge in [-0.1, -0.05) is 42.5 Å². The molecule has 2 aromatic rings. The van der Waals surface area contributed by atoms with Crippen molar-refractivity contribution in [3.8, 4) is 0 Å². The van der Waals surface area contributed by atoms with Gasteiger partial charge < -0.3 is 5.32 Å². The van der Waals surface area contributed by atoms with Crippen LogP contribution in [0.1, 0.15) is 29.5 Å². The third-order valence-corrected chi connectivity index (χ3v) is 7.75. The first-order valence-corrected chi connectivity index (χ1v) is 13.0. The first-order valence-electron chi connectivity index (χ1n) is 9.67. The lowest BCUT2D eigenvalue weighted by atomic mass is 10.2. The van der Waals surface area contributed by atoms with Gasteiger partial charge in [-0.2, -0.15) is 0 Å². The molecule has 30 heavy (non-hydrogen) atoms. The van der Waals surface area contributed by atoms with Crippen molar-refractivity contribution in [2.24, 2.45) is 0 Å². The van der Waals surface area contributed by atoms with Crippen LogP contribution in [0.25, 0.3) is 0 Å². The van der Waals surface area contributed by atoms with Crippen molar-refractivity contribution in [2.75, 3.05) is 18.8 Å². The monoisotopic (exact) mass is 452 g/mol. The van der Waals surface area contributed by atoms with Crippen molar-refractivity contribution in [3.05, 3.63) is 65.2 Å². The number of hydrogen-bond donors (Lipinski definition) is 2. The van der Waals surface area contributed by atoms with Gasteiger partial charge in [-0.05, 0) is 43.0 Å². The topological polar surface area (TPSA) is 109 Å². The van der Waals surface area contributed by atoms with Crippen LogP contribution in [0, 0.1) is 13.8 Å². The van der Waals surface area contributed by atoms with Gasteiger partial charge in [0.05, 0.1) is 16.4 Å². The summed E-state index contributed by atoms with van der Waals surface area (Å²) in [6.07, 6.45) is 0.274. The number of carbonyl (C=O) groups is 1. The van der Waals surface area contributed by atoms with Gasteiger partial charge in [0, 0.05) is 19.5 Å². The molecule has 9 heteroatoms. The highest BCUT2D eigenvalue weighted by Gasteiger charge is 2.17. The average Bonchev–Trinajstić information content (AvgIpc) is 2.67. The quantitative estimate of drug-likeness (QED) is 0.508. The first kappa shape index (κ1) is 24.0. The second-order valence-electron chi connectivity index (χ2n) is 7.20. The summed E-state index contributed by atoms with van der Waals surface area (Å²) in [5.74, 6) is -0.386. The highest BCUT2D eigenvalue weighted by molar-refractivity contribution is 7.90. The van der Waals surface area contributed by atoms with Gasteiger partial charge in [-0.25, -0.2) is 21.6 Å². The zero-order valence-corrected chi connectivity index (χ0v) is 18.9. The number of amides is 1. The summed E-state index contributed by atoms with van der Waals surface area (Å²) >= 11 is 0. The summed E-state index contributed by atoms with van der Waals surface area (Å²) in [6.45, 7) is 3.71. The van der Waals surface area contributed by atoms with E-state index in [4.69, 9.17) is 0 Å². The summed E-state index contributed by atoms with van der Waals surface area (Å²) in [7, 11) is -6.94. The molecule has 0 atom stereocenters. The number of hydrogen-bond acceptors (Lipinski definition) is 5. The van der Waals surface area contributed by atoms with Crippen LogP contribution < -0.4 is 10.0 Å². The van der Waals surface area contributed by atoms with Crippen LogP contribution in [0.4, 0.5) is 0 Å². The molecule has 0 unspecified atom stereocenters. The lowest BCUT2D eigenvalue weighted by Gasteiger charge is -2.10. The Balaban J connectivity index is 1.70. The van der Waals surface area contributed by atoms with Crippen molar-refractivity contribution < 1.29 is 21.6 Å². The van der Waals surface area contributed by atoms with Gasteiger partial charge in [0.25, 0.3) is 0 Å². The fourth-order valence-electron chi connectivity index (χ4n) is 2.88. The van der Waals surface area contributed by atoms with Crippen molar-refractivity contribution in [1.29, 1.82) is 0 Å². The lowest BCUT2D eigenvalue weighted by molar-refractivity contribution is -0.120. The Morgan fingerprint density at radius 3 is 2.33 bits per heavy atom. The molecule has 7 nitrogen and oxygen atoms in total. The van der Waals surface area contributed by atoms with Gasteiger partial charge >= 0.3 is 0 Å². The Bertz CT molecular complexity index is 1070. The summed E-state index contributed by atoms with van der Waals surface area (Å²) in [5.41, 5.74) is 2.20. The Morgan fingerprint density at radius 1 is 0.933 bits per heavy atom. The van der Waals surface area contributed by atoms with E-state index in [-0.39, 0.29) is 41.8 Å². The van der Waals surface area contributed by atoms with Crippen LogP contribution in [0.5, 0.6) is 0 Å². The van der Waals surface area contributed by atoms with E-state index in [2.05, 4.69) is 10.0 Å². The Kier molecular flexibility index (Phi) is 8.57. The lowest BCUT2D eigenvalue weighted by Crippen LogP contribution is -2.32. The van der Waals surface area contributed by atoms with Crippen LogP contribution in [-0.2, 0) is 30.4 Å². The molecule has 2 aromatic carbocycles. The van der Waals surface area contributed by atoms with Gasteiger partial charge in [0.2, 0.25) is 15.9 Å². The molecule has 1 amide bonds. The van der Waals surface area contributed by atoms with E-state index in [9.17, 15) is 21.6 Å². The fourth-order valence-corrected chi connectivity index (χ4v) is 5.67. The molecule has 0 aliphatic heterocycles. The zero-order chi connectivity index (χ0) is 22.2. The predicted octanol–water partition coefficient (Wildman–Crippen LogP) is 2.09. The number of nitrogens with one attached hydrogen (secondary N) is 2. The van der Waals surface area contributed by atoms with E-state index in [0.717, 1.165) is 11.1 Å². The average molecular weight is 453 g/mol. The molecule has 0 aliphatic rings. The SMILES string of the molecule is Cc1ccc(C)c(S(=O)(=O)NCCC(=O)NCCCS(=O)(=O)Cc2ccccc2)c1. The molecule has 164 valence electrons. The third-order valence-electron chi connectivity index (χ3n) is 4.46. The first-order chi connectivity index (χ1) is 14.1. The van der Waals surface area contributed by atoms with E-state index in [0.29, 0.717) is 12.0 Å². The predicted molar refractivity (Wildman–Crippen MR) is 117 cm³/mol. The van der Waals surface area contributed by atoms with Gasteiger partial charge in [-0.15, -0.1) is 0 Å². The molecule has 0 radical (unpaired) electrons. The van der Waals surface area contributed by atoms with Gasteiger partial charge in [-0.3, -0.25) is 4.79 Å². The Morgan fingerprint density at radius 2 is 1.63 bits per heavy atom. The van der Waals surface area contributed by atoms with Crippen molar-refractivity contribution in [2.45, 2.75) is 37.3 Å². The van der Waals surface area contributed by atoms with E-state index < -0.39 is 19.9 Å². The zero-order valence-electron chi connectivity index (χ0n) is 17.2. The molecule has 0 aromatic heterocycles. The molecule has 2 N–H and O–H groups in total. The molecule has 2 rings (SSSR count). The molecule has 0 saturated carbocycles. The minimum atomic E-state index is -3.69. The van der Waals surface area contributed by atoms with E-state index in [1.165, 1.54) is 0 Å². The van der Waals surface area contributed by atoms with Gasteiger partial charge in [0.1, 0.15) is 0 Å². The van der Waals surface area contributed by atoms with Crippen LogP contribution in [-0.4, -0.2) is 41.6 Å². The molecule has 0 fully saturated rings. The highest BCUT2D eigenvalue weighted by atomic mass is 32.2. The standard InChI is InChI=1S/C21H28N2O5S2/c1-17-9-10-18(2)20(15-17)30(27,28)23-13-11-21(24)22-12-6-14-29(25,26)16-19-7-4-3-5-8-19/h3-5,7-10,15,23H,6,11-14,16H2,1-2H3,(H,22,24). The molecular weight excluding hydrogens is 424 g/mol. The summed E-state index contributed by atoms with van der Waals surface area (Å²) in [6, 6.07) is 14.1. The Hall–Kier alpha value is -2.23. The minimum absolute atomic E-state index is 0.0259. The van der Waals surface area contributed by atoms with Crippen molar-refractivity contribution in [3.63, 3.8) is 0 Å². The maximum atomic E-state index is 12.4. The largest absolute Gasteiger partial charge is 0.356 e. The Labute approximate surface area is 178 Å². The maximum Gasteiger partial charge on any atom is 0.240 e. The molecule has 0 spiro atoms. The van der Waals surface area contributed by atoms with Crippen LogP contribution in [0.15, 0.2) is 53.4 Å². The second-order valence-corrected chi connectivity index (χ2v) is 11.1. The normalized spacial score (nSPS) is 11.9. The number of carbonyl (C=O) groups excluding carboxylic acids is 1. The number of sulfone groups is 1. The van der Waals surface area contributed by atoms with E-state index in [1.54, 1.807) is 43.3 Å². The van der Waals surface area contributed by atoms with Gasteiger partial charge in [0.15, 0.2) is 9.84 Å². The summed E-state index contributed by atoms with van der Waals surface area (Å²) < 4.78 is 51.5. The number of aryl methyl sites for hydroxylation is 2. The second kappa shape index (κ2) is 10.7. The fraction of sp³-hybridized carbons (Fsp3) is 0.381.